The number of methoxy groups -OCH3 is 1. The number of piperidine rings is 1. The number of halogens is 3. The fraction of sp³-hybridized carbons (Fsp3) is 0.467. The van der Waals surface area contributed by atoms with Crippen LogP contribution in [0.3, 0.4) is 0 Å². The Bertz CT molecular complexity index is 743. The number of hydrogen-bond acceptors (Lipinski definition) is 5. The van der Waals surface area contributed by atoms with Gasteiger partial charge in [-0.2, -0.15) is 21.6 Å². The Hall–Kier alpha value is -1.90. The highest BCUT2D eigenvalue weighted by Gasteiger charge is 2.50. The molecular weight excluding hydrogens is 347 g/mol. The van der Waals surface area contributed by atoms with Gasteiger partial charge in [-0.25, -0.2) is 0 Å². The highest BCUT2D eigenvalue weighted by molar-refractivity contribution is 7.87. The molecule has 0 unspecified atom stereocenters. The van der Waals surface area contributed by atoms with Crippen LogP contribution >= 0.6 is 0 Å². The summed E-state index contributed by atoms with van der Waals surface area (Å²) in [7, 11) is -4.05. The molecule has 0 N–H and O–H groups in total. The van der Waals surface area contributed by atoms with E-state index in [0.717, 1.165) is 12.1 Å². The van der Waals surface area contributed by atoms with E-state index in [9.17, 15) is 21.6 Å². The van der Waals surface area contributed by atoms with E-state index in [1.165, 1.54) is 6.08 Å². The number of hydrogen-bond donors (Lipinski definition) is 0. The minimum absolute atomic E-state index is 0.103. The molecule has 2 aliphatic heterocycles. The second kappa shape index (κ2) is 5.87. The third-order valence-electron chi connectivity index (χ3n) is 4.28. The van der Waals surface area contributed by atoms with E-state index in [4.69, 9.17) is 4.74 Å². The van der Waals surface area contributed by atoms with Crippen LogP contribution in [0.5, 0.6) is 5.75 Å². The van der Waals surface area contributed by atoms with Crippen molar-refractivity contribution in [2.24, 2.45) is 5.92 Å². The van der Waals surface area contributed by atoms with Gasteiger partial charge in [-0.05, 0) is 43.2 Å². The van der Waals surface area contributed by atoms with Gasteiger partial charge >= 0.3 is 15.6 Å². The van der Waals surface area contributed by atoms with E-state index in [2.05, 4.69) is 4.18 Å². The van der Waals surface area contributed by atoms with Crippen molar-refractivity contribution in [3.05, 3.63) is 36.1 Å². The Morgan fingerprint density at radius 1 is 1.17 bits per heavy atom. The highest BCUT2D eigenvalue weighted by atomic mass is 32.2. The monoisotopic (exact) mass is 363 g/mol. The Kier molecular flexibility index (Phi) is 4.15. The molecule has 1 aromatic rings. The molecule has 3 aliphatic rings. The lowest BCUT2D eigenvalue weighted by atomic mass is 9.84. The predicted molar refractivity (Wildman–Crippen MR) is 81.0 cm³/mol. The maximum atomic E-state index is 12.5. The van der Waals surface area contributed by atoms with E-state index in [1.54, 1.807) is 19.2 Å². The molecule has 1 saturated heterocycles. The summed E-state index contributed by atoms with van der Waals surface area (Å²) < 4.78 is 69.3. The minimum Gasteiger partial charge on any atom is -0.497 e. The molecule has 5 nitrogen and oxygen atoms in total. The van der Waals surface area contributed by atoms with Crippen LogP contribution in [0.15, 0.2) is 36.1 Å². The molecule has 2 atom stereocenters. The largest absolute Gasteiger partial charge is 0.534 e. The average Bonchev–Trinajstić information content (AvgIpc) is 2.54. The van der Waals surface area contributed by atoms with Gasteiger partial charge in [0.1, 0.15) is 11.5 Å². The van der Waals surface area contributed by atoms with E-state index in [0.29, 0.717) is 18.7 Å². The molecule has 1 aromatic carbocycles. The van der Waals surface area contributed by atoms with Crippen LogP contribution in [-0.2, 0) is 14.3 Å². The van der Waals surface area contributed by atoms with Gasteiger partial charge in [0.05, 0.1) is 13.2 Å². The van der Waals surface area contributed by atoms with Gasteiger partial charge in [0.15, 0.2) is 0 Å². The molecule has 0 spiro atoms. The van der Waals surface area contributed by atoms with Gasteiger partial charge in [0.25, 0.3) is 0 Å². The molecular formula is C15H16F3NO4S. The average molecular weight is 363 g/mol. The number of nitrogens with zero attached hydrogens (tertiary/aromatic N) is 1. The van der Waals surface area contributed by atoms with Crippen molar-refractivity contribution < 1.29 is 30.5 Å². The van der Waals surface area contributed by atoms with Gasteiger partial charge < -0.3 is 13.8 Å². The molecule has 0 radical (unpaired) electrons. The molecule has 2 bridgehead atoms. The van der Waals surface area contributed by atoms with Crippen molar-refractivity contribution in [1.29, 1.82) is 0 Å². The number of ether oxygens (including phenoxy) is 1. The van der Waals surface area contributed by atoms with E-state index in [-0.39, 0.29) is 17.7 Å². The molecule has 0 aromatic heterocycles. The summed E-state index contributed by atoms with van der Waals surface area (Å²) in [4.78, 5) is 2.03. The maximum Gasteiger partial charge on any atom is 0.534 e. The Balaban J connectivity index is 1.81. The Morgan fingerprint density at radius 3 is 2.33 bits per heavy atom. The molecule has 9 heteroatoms. The van der Waals surface area contributed by atoms with E-state index >= 15 is 0 Å². The number of rotatable bonds is 4. The molecule has 24 heavy (non-hydrogen) atoms. The lowest BCUT2D eigenvalue weighted by Gasteiger charge is -2.44. The molecule has 0 amide bonds. The topological polar surface area (TPSA) is 55.8 Å². The van der Waals surface area contributed by atoms with Crippen molar-refractivity contribution in [3.8, 4) is 5.75 Å². The van der Waals surface area contributed by atoms with Crippen molar-refractivity contribution in [3.63, 3.8) is 0 Å². The summed E-state index contributed by atoms with van der Waals surface area (Å²) >= 11 is 0. The van der Waals surface area contributed by atoms with E-state index < -0.39 is 15.6 Å². The van der Waals surface area contributed by atoms with Crippen LogP contribution in [-0.4, -0.2) is 33.6 Å². The fourth-order valence-electron chi connectivity index (χ4n) is 3.06. The smallest absolute Gasteiger partial charge is 0.497 e. The van der Waals surface area contributed by atoms with Crippen molar-refractivity contribution >= 4 is 15.8 Å². The Labute approximate surface area is 137 Å². The number of anilines is 1. The zero-order valence-corrected chi connectivity index (χ0v) is 13.6. The van der Waals surface area contributed by atoms with Gasteiger partial charge in [0, 0.05) is 18.2 Å². The molecule has 132 valence electrons. The molecule has 1 fully saturated rings. The number of benzene rings is 1. The SMILES string of the molecule is COc1ccc(N2C[C@@H]3CC[C@H]2C=C3OS(=O)(=O)C(F)(F)F)cc1. The first kappa shape index (κ1) is 16.9. The summed E-state index contributed by atoms with van der Waals surface area (Å²) in [6.45, 7) is 0.413. The highest BCUT2D eigenvalue weighted by Crippen LogP contribution is 2.40. The van der Waals surface area contributed by atoms with Crippen molar-refractivity contribution in [2.45, 2.75) is 24.4 Å². The second-order valence-corrected chi connectivity index (χ2v) is 7.28. The van der Waals surface area contributed by atoms with Gasteiger partial charge in [-0.3, -0.25) is 0 Å². The van der Waals surface area contributed by atoms with Gasteiger partial charge in [-0.1, -0.05) is 0 Å². The zero-order valence-electron chi connectivity index (χ0n) is 12.8. The normalized spacial score (nSPS) is 23.8. The first-order valence-electron chi connectivity index (χ1n) is 7.34. The van der Waals surface area contributed by atoms with Gasteiger partial charge in [0.2, 0.25) is 0 Å². The summed E-state index contributed by atoms with van der Waals surface area (Å²) in [6.07, 6.45) is 2.80. The van der Waals surface area contributed by atoms with Crippen LogP contribution in [0.1, 0.15) is 12.8 Å². The maximum absolute atomic E-state index is 12.5. The van der Waals surface area contributed by atoms with Gasteiger partial charge in [-0.15, -0.1) is 0 Å². The lowest BCUT2D eigenvalue weighted by molar-refractivity contribution is -0.0529. The lowest BCUT2D eigenvalue weighted by Crippen LogP contribution is -2.48. The fourth-order valence-corrected chi connectivity index (χ4v) is 3.60. The zero-order chi connectivity index (χ0) is 17.5. The van der Waals surface area contributed by atoms with Crippen LogP contribution in [0.25, 0.3) is 0 Å². The summed E-state index contributed by atoms with van der Waals surface area (Å²) in [5.74, 6) is 0.222. The summed E-state index contributed by atoms with van der Waals surface area (Å²) in [5.41, 5.74) is -4.51. The third-order valence-corrected chi connectivity index (χ3v) is 5.26. The van der Waals surface area contributed by atoms with Crippen molar-refractivity contribution in [2.75, 3.05) is 18.6 Å². The number of fused-ring (bicyclic) bond motifs is 2. The molecule has 2 heterocycles. The molecule has 1 aliphatic carbocycles. The third kappa shape index (κ3) is 3.04. The predicted octanol–water partition coefficient (Wildman–Crippen LogP) is 3.04. The second-order valence-electron chi connectivity index (χ2n) is 5.74. The van der Waals surface area contributed by atoms with Crippen LogP contribution in [0.2, 0.25) is 0 Å². The number of alkyl halides is 3. The Morgan fingerprint density at radius 2 is 1.83 bits per heavy atom. The van der Waals surface area contributed by atoms with Crippen LogP contribution in [0.4, 0.5) is 18.9 Å². The van der Waals surface area contributed by atoms with E-state index in [1.807, 2.05) is 17.0 Å². The van der Waals surface area contributed by atoms with Crippen molar-refractivity contribution in [1.82, 2.24) is 0 Å². The summed E-state index contributed by atoms with van der Waals surface area (Å²) in [5, 5.41) is 0. The quantitative estimate of drug-likeness (QED) is 0.608. The minimum atomic E-state index is -5.61. The molecule has 4 rings (SSSR count). The summed E-state index contributed by atoms with van der Waals surface area (Å²) in [6, 6.07) is 7.13. The molecule has 0 saturated carbocycles. The first-order valence-corrected chi connectivity index (χ1v) is 8.75. The standard InChI is InChI=1S/C15H16F3NO4S/c1-22-13-6-4-11(5-7-13)19-9-10-2-3-12(19)8-14(10)23-24(20,21)15(16,17)18/h4-8,10,12H,2-3,9H2,1H3/t10-,12-/m0/s1. The first-order chi connectivity index (χ1) is 11.2. The van der Waals surface area contributed by atoms with Crippen LogP contribution in [0, 0.1) is 5.92 Å². The van der Waals surface area contributed by atoms with Crippen LogP contribution < -0.4 is 9.64 Å².